The first-order chi connectivity index (χ1) is 6.91. The van der Waals surface area contributed by atoms with Crippen molar-refractivity contribution in [3.05, 3.63) is 0 Å². The van der Waals surface area contributed by atoms with Crippen LogP contribution in [0.15, 0.2) is 0 Å². The molecule has 0 aromatic heterocycles. The molecule has 0 bridgehead atoms. The number of hydrogen-bond acceptors (Lipinski definition) is 1. The summed E-state index contributed by atoms with van der Waals surface area (Å²) in [6.45, 7) is 0. The molecular weight excluding hydrogens is 373 g/mol. The Labute approximate surface area is 108 Å². The van der Waals surface area contributed by atoms with Crippen LogP contribution in [0.25, 0.3) is 0 Å². The molecule has 0 saturated carbocycles. The van der Waals surface area contributed by atoms with Crippen molar-refractivity contribution >= 4 is 12.6 Å². The molecule has 0 amide bonds. The van der Waals surface area contributed by atoms with Gasteiger partial charge in [0.1, 0.15) is 0 Å². The van der Waals surface area contributed by atoms with Gasteiger partial charge in [-0.3, -0.25) is 0 Å². The monoisotopic (exact) mass is 398 g/mol. The van der Waals surface area contributed by atoms with Crippen molar-refractivity contribution in [3.63, 3.8) is 0 Å². The van der Waals surface area contributed by atoms with E-state index >= 15 is 0 Å². The summed E-state index contributed by atoms with van der Waals surface area (Å²) in [7, 11) is 0. The summed E-state index contributed by atoms with van der Waals surface area (Å²) in [4.78, 5) is 0. The molecule has 0 aromatic carbocycles. The van der Waals surface area contributed by atoms with E-state index in [1.807, 2.05) is 0 Å². The van der Waals surface area contributed by atoms with Crippen LogP contribution in [0.4, 0.5) is 0 Å². The normalized spacial score (nSPS) is 10.8. The van der Waals surface area contributed by atoms with Gasteiger partial charge in [0.05, 0.1) is 0 Å². The molecule has 90 valence electrons. The zero-order valence-corrected chi connectivity index (χ0v) is 12.3. The van der Waals surface area contributed by atoms with E-state index in [0.29, 0.717) is 0 Å². The molecule has 0 aromatic rings. The van der Waals surface area contributed by atoms with E-state index in [2.05, 4.69) is 33.7 Å². The Bertz CT molecular complexity index is 84.3. The van der Waals surface area contributed by atoms with Gasteiger partial charge in [0.25, 0.3) is 0 Å². The Hall–Kier alpha value is 1.09. The number of unbranched alkanes of at least 4 members (excludes halogenated alkanes) is 9. The first-order valence-electron chi connectivity index (χ1n) is 6.03. The fourth-order valence-electron chi connectivity index (χ4n) is 1.60. The van der Waals surface area contributed by atoms with Crippen molar-refractivity contribution in [3.8, 4) is 0 Å². The number of rotatable bonds is 11. The van der Waals surface area contributed by atoms with Crippen molar-refractivity contribution in [2.45, 2.75) is 68.8 Å². The molecule has 0 aliphatic rings. The Morgan fingerprint density at radius 1 is 0.571 bits per heavy atom. The molecule has 2 heteroatoms. The third-order valence-corrected chi connectivity index (χ3v) is 3.60. The third kappa shape index (κ3) is 13.1. The first kappa shape index (κ1) is 15.1. The molecule has 0 fully saturated rings. The van der Waals surface area contributed by atoms with Gasteiger partial charge < -0.3 is 0 Å². The maximum atomic E-state index is 4.21. The molecule has 0 rings (SSSR count). The second-order valence-corrected chi connectivity index (χ2v) is 5.44. The van der Waals surface area contributed by atoms with E-state index in [1.54, 1.807) is 0 Å². The van der Waals surface area contributed by atoms with Crippen LogP contribution in [0.2, 0.25) is 4.64 Å². The van der Waals surface area contributed by atoms with Gasteiger partial charge in [-0.05, 0) is 0 Å². The van der Waals surface area contributed by atoms with Crippen molar-refractivity contribution in [2.24, 2.45) is 0 Å². The van der Waals surface area contributed by atoms with E-state index in [4.69, 9.17) is 0 Å². The molecule has 0 radical (unpaired) electrons. The van der Waals surface area contributed by atoms with E-state index in [0.717, 1.165) is 5.75 Å². The summed E-state index contributed by atoms with van der Waals surface area (Å²) < 4.78 is 1.31. The molecule has 0 unspecified atom stereocenters. The second-order valence-electron chi connectivity index (χ2n) is 3.91. The molecule has 0 heterocycles. The van der Waals surface area contributed by atoms with Crippen LogP contribution in [0, 0.1) is 0 Å². The Balaban J connectivity index is 2.78. The maximum absolute atomic E-state index is 4.21. The SMILES string of the molecule is SCCCCCCCCCCC[CH2][Au]. The van der Waals surface area contributed by atoms with Gasteiger partial charge in [0.2, 0.25) is 0 Å². The summed E-state index contributed by atoms with van der Waals surface area (Å²) in [6.07, 6.45) is 14.2. The van der Waals surface area contributed by atoms with Crippen molar-refractivity contribution in [1.82, 2.24) is 0 Å². The molecule has 0 nitrogen and oxygen atoms in total. The third-order valence-electron chi connectivity index (χ3n) is 2.51. The van der Waals surface area contributed by atoms with E-state index in [-0.39, 0.29) is 0 Å². The molecule has 0 atom stereocenters. The molecule has 0 spiro atoms. The Morgan fingerprint density at radius 3 is 1.29 bits per heavy atom. The average Bonchev–Trinajstić information content (AvgIpc) is 2.21. The van der Waals surface area contributed by atoms with Crippen LogP contribution in [0.1, 0.15) is 64.2 Å². The fourth-order valence-corrected chi connectivity index (χ4v) is 2.37. The van der Waals surface area contributed by atoms with Gasteiger partial charge in [-0.25, -0.2) is 0 Å². The standard InChI is InChI=1S/C12H25S.Au/c1-2-3-4-5-6-7-8-9-10-11-12-13;/h13H,1-12H2;. The molecule has 0 N–H and O–H groups in total. The van der Waals surface area contributed by atoms with Crippen LogP contribution >= 0.6 is 12.6 Å². The predicted octanol–water partition coefficient (Wildman–Crippen LogP) is 4.78. The van der Waals surface area contributed by atoms with Gasteiger partial charge in [0.15, 0.2) is 0 Å². The summed E-state index contributed by atoms with van der Waals surface area (Å²) in [5, 5.41) is 0. The summed E-state index contributed by atoms with van der Waals surface area (Å²) >= 11 is 6.84. The Kier molecular flexibility index (Phi) is 15.2. The minimum absolute atomic E-state index is 1.07. The predicted molar refractivity (Wildman–Crippen MR) is 64.8 cm³/mol. The van der Waals surface area contributed by atoms with Crippen LogP contribution in [-0.2, 0) is 21.1 Å². The molecule has 14 heavy (non-hydrogen) atoms. The first-order valence-corrected chi connectivity index (χ1v) is 8.19. The zero-order valence-electron chi connectivity index (χ0n) is 9.23. The van der Waals surface area contributed by atoms with Gasteiger partial charge in [0, 0.05) is 0 Å². The Morgan fingerprint density at radius 2 is 0.929 bits per heavy atom. The number of thiol groups is 1. The van der Waals surface area contributed by atoms with Crippen LogP contribution in [0.5, 0.6) is 0 Å². The zero-order chi connectivity index (χ0) is 10.5. The molecular formula is C12H25AuS. The van der Waals surface area contributed by atoms with Crippen molar-refractivity contribution in [1.29, 1.82) is 0 Å². The second kappa shape index (κ2) is 14.1. The quantitative estimate of drug-likeness (QED) is 0.289. The van der Waals surface area contributed by atoms with Gasteiger partial charge in [-0.2, -0.15) is 12.6 Å². The molecule has 0 aliphatic heterocycles. The fraction of sp³-hybridized carbons (Fsp3) is 1.00. The summed E-state index contributed by atoms with van der Waals surface area (Å²) in [5.41, 5.74) is 0. The average molecular weight is 398 g/mol. The van der Waals surface area contributed by atoms with Crippen LogP contribution in [0.3, 0.4) is 0 Å². The van der Waals surface area contributed by atoms with Crippen LogP contribution in [-0.4, -0.2) is 5.75 Å². The van der Waals surface area contributed by atoms with E-state index in [1.165, 1.54) is 68.8 Å². The van der Waals surface area contributed by atoms with E-state index < -0.39 is 0 Å². The van der Waals surface area contributed by atoms with E-state index in [9.17, 15) is 0 Å². The van der Waals surface area contributed by atoms with Crippen molar-refractivity contribution in [2.75, 3.05) is 5.75 Å². The minimum atomic E-state index is 1.07. The van der Waals surface area contributed by atoms with Gasteiger partial charge in [-0.1, -0.05) is 0 Å². The van der Waals surface area contributed by atoms with Crippen molar-refractivity contribution < 1.29 is 21.1 Å². The number of hydrogen-bond donors (Lipinski definition) is 1. The van der Waals surface area contributed by atoms with Gasteiger partial charge >= 0.3 is 95.7 Å². The van der Waals surface area contributed by atoms with Crippen LogP contribution < -0.4 is 0 Å². The molecule has 0 aliphatic carbocycles. The molecule has 0 saturated heterocycles. The van der Waals surface area contributed by atoms with Gasteiger partial charge in [-0.15, -0.1) is 0 Å². The summed E-state index contributed by atoms with van der Waals surface area (Å²) in [6, 6.07) is 0. The summed E-state index contributed by atoms with van der Waals surface area (Å²) in [5.74, 6) is 1.07. The topological polar surface area (TPSA) is 0 Å².